The fourth-order valence-corrected chi connectivity index (χ4v) is 3.90. The zero-order chi connectivity index (χ0) is 16.8. The first-order valence-electron chi connectivity index (χ1n) is 9.07. The first kappa shape index (κ1) is 17.3. The lowest BCUT2D eigenvalue weighted by atomic mass is 9.90. The molecular weight excluding hydrogens is 302 g/mol. The molecule has 1 saturated carbocycles. The van der Waals surface area contributed by atoms with Crippen LogP contribution in [0.2, 0.25) is 0 Å². The highest BCUT2D eigenvalue weighted by atomic mass is 16.2. The van der Waals surface area contributed by atoms with Gasteiger partial charge in [0.05, 0.1) is 6.54 Å². The molecule has 2 fully saturated rings. The summed E-state index contributed by atoms with van der Waals surface area (Å²) in [4.78, 5) is 18.3. The summed E-state index contributed by atoms with van der Waals surface area (Å²) in [5, 5.41) is 3.10. The van der Waals surface area contributed by atoms with Crippen LogP contribution in [0, 0.1) is 5.92 Å². The normalized spacial score (nSPS) is 26.8. The van der Waals surface area contributed by atoms with Crippen LogP contribution in [-0.4, -0.2) is 48.0 Å². The van der Waals surface area contributed by atoms with Crippen molar-refractivity contribution in [2.24, 2.45) is 5.92 Å². The monoisotopic (exact) mass is 331 g/mol. The number of amides is 1. The van der Waals surface area contributed by atoms with Gasteiger partial charge in [-0.3, -0.25) is 25.5 Å². The number of hydrogen-bond donors (Lipinski definition) is 3. The second-order valence-corrected chi connectivity index (χ2v) is 7.14. The number of carbonyl (C=O) groups excluding carboxylic acids is 1. The summed E-state index contributed by atoms with van der Waals surface area (Å²) in [7, 11) is 1.96. The molecule has 0 radical (unpaired) electrons. The van der Waals surface area contributed by atoms with E-state index in [1.54, 1.807) is 6.20 Å². The Morgan fingerprint density at radius 3 is 3.04 bits per heavy atom. The SMILES string of the molecule is CN(CC(=O)NCC1NNC2CCCCCC21)Cc1cccnc1. The lowest BCUT2D eigenvalue weighted by molar-refractivity contribution is -0.122. The Morgan fingerprint density at radius 1 is 1.33 bits per heavy atom. The Morgan fingerprint density at radius 2 is 2.21 bits per heavy atom. The van der Waals surface area contributed by atoms with Gasteiger partial charge in [0, 0.05) is 37.6 Å². The number of hydrazine groups is 1. The van der Waals surface area contributed by atoms with E-state index in [-0.39, 0.29) is 5.91 Å². The van der Waals surface area contributed by atoms with Crippen molar-refractivity contribution >= 4 is 5.91 Å². The summed E-state index contributed by atoms with van der Waals surface area (Å²) in [6, 6.07) is 4.87. The van der Waals surface area contributed by atoms with E-state index in [0.717, 1.165) is 12.1 Å². The number of fused-ring (bicyclic) bond motifs is 1. The zero-order valence-corrected chi connectivity index (χ0v) is 14.5. The predicted molar refractivity (Wildman–Crippen MR) is 94.0 cm³/mol. The van der Waals surface area contributed by atoms with Gasteiger partial charge in [0.2, 0.25) is 5.91 Å². The summed E-state index contributed by atoms with van der Waals surface area (Å²) in [5.41, 5.74) is 7.94. The Labute approximate surface area is 144 Å². The molecule has 1 amide bonds. The molecule has 2 aliphatic rings. The third-order valence-electron chi connectivity index (χ3n) is 5.15. The molecule has 1 aromatic heterocycles. The molecule has 3 unspecified atom stereocenters. The molecule has 24 heavy (non-hydrogen) atoms. The van der Waals surface area contributed by atoms with E-state index < -0.39 is 0 Å². The van der Waals surface area contributed by atoms with Crippen molar-refractivity contribution in [1.29, 1.82) is 0 Å². The number of nitrogens with zero attached hydrogens (tertiary/aromatic N) is 2. The van der Waals surface area contributed by atoms with E-state index in [4.69, 9.17) is 0 Å². The average Bonchev–Trinajstić information content (AvgIpc) is 2.80. The van der Waals surface area contributed by atoms with Crippen molar-refractivity contribution in [2.75, 3.05) is 20.1 Å². The van der Waals surface area contributed by atoms with Crippen LogP contribution in [0.1, 0.15) is 37.7 Å². The number of hydrogen-bond acceptors (Lipinski definition) is 5. The third-order valence-corrected chi connectivity index (χ3v) is 5.15. The summed E-state index contributed by atoms with van der Waals surface area (Å²) >= 11 is 0. The largest absolute Gasteiger partial charge is 0.353 e. The van der Waals surface area contributed by atoms with Gasteiger partial charge in [-0.15, -0.1) is 0 Å². The minimum Gasteiger partial charge on any atom is -0.353 e. The lowest BCUT2D eigenvalue weighted by Crippen LogP contribution is -2.44. The number of rotatable bonds is 6. The first-order valence-corrected chi connectivity index (χ1v) is 9.07. The molecule has 3 N–H and O–H groups in total. The van der Waals surface area contributed by atoms with Crippen molar-refractivity contribution in [3.63, 3.8) is 0 Å². The fourth-order valence-electron chi connectivity index (χ4n) is 3.90. The van der Waals surface area contributed by atoms with E-state index in [0.29, 0.717) is 31.1 Å². The van der Waals surface area contributed by atoms with Crippen molar-refractivity contribution in [3.8, 4) is 0 Å². The van der Waals surface area contributed by atoms with Crippen LogP contribution in [0.4, 0.5) is 0 Å². The molecule has 6 nitrogen and oxygen atoms in total. The minimum atomic E-state index is 0.0836. The van der Waals surface area contributed by atoms with Gasteiger partial charge >= 0.3 is 0 Å². The summed E-state index contributed by atoms with van der Waals surface area (Å²) in [6.45, 7) is 1.84. The van der Waals surface area contributed by atoms with E-state index in [1.807, 2.05) is 30.3 Å². The van der Waals surface area contributed by atoms with Gasteiger partial charge in [0.25, 0.3) is 0 Å². The van der Waals surface area contributed by atoms with Crippen LogP contribution >= 0.6 is 0 Å². The van der Waals surface area contributed by atoms with Crippen molar-refractivity contribution in [1.82, 2.24) is 26.1 Å². The van der Waals surface area contributed by atoms with Crippen LogP contribution < -0.4 is 16.2 Å². The predicted octanol–water partition coefficient (Wildman–Crippen LogP) is 1.05. The van der Waals surface area contributed by atoms with Gasteiger partial charge in [-0.1, -0.05) is 25.3 Å². The van der Waals surface area contributed by atoms with E-state index >= 15 is 0 Å². The molecule has 1 aliphatic carbocycles. The highest BCUT2D eigenvalue weighted by molar-refractivity contribution is 5.78. The Bertz CT molecular complexity index is 523. The molecule has 1 aromatic rings. The highest BCUT2D eigenvalue weighted by Gasteiger charge is 2.36. The van der Waals surface area contributed by atoms with Gasteiger partial charge < -0.3 is 5.32 Å². The summed E-state index contributed by atoms with van der Waals surface area (Å²) in [6.07, 6.45) is 10.1. The van der Waals surface area contributed by atoms with Crippen LogP contribution in [-0.2, 0) is 11.3 Å². The van der Waals surface area contributed by atoms with Gasteiger partial charge in [-0.05, 0) is 37.4 Å². The van der Waals surface area contributed by atoms with Crippen molar-refractivity contribution < 1.29 is 4.79 Å². The number of carbonyl (C=O) groups is 1. The van der Waals surface area contributed by atoms with Crippen LogP contribution in [0.5, 0.6) is 0 Å². The number of likely N-dealkylation sites (N-methyl/N-ethyl adjacent to an activating group) is 1. The zero-order valence-electron chi connectivity index (χ0n) is 14.5. The van der Waals surface area contributed by atoms with Crippen molar-refractivity contribution in [2.45, 2.75) is 50.7 Å². The topological polar surface area (TPSA) is 69.3 Å². The smallest absolute Gasteiger partial charge is 0.234 e. The maximum Gasteiger partial charge on any atom is 0.234 e. The molecule has 0 bridgehead atoms. The lowest BCUT2D eigenvalue weighted by Gasteiger charge is -2.22. The van der Waals surface area contributed by atoms with E-state index in [1.165, 1.54) is 32.1 Å². The van der Waals surface area contributed by atoms with Gasteiger partial charge in [0.1, 0.15) is 0 Å². The van der Waals surface area contributed by atoms with Gasteiger partial charge in [0.15, 0.2) is 0 Å². The molecule has 3 rings (SSSR count). The van der Waals surface area contributed by atoms with E-state index in [9.17, 15) is 4.79 Å². The second-order valence-electron chi connectivity index (χ2n) is 7.14. The van der Waals surface area contributed by atoms with Crippen molar-refractivity contribution in [3.05, 3.63) is 30.1 Å². The number of nitrogens with one attached hydrogen (secondary N) is 3. The molecule has 0 aromatic carbocycles. The number of pyridine rings is 1. The molecule has 0 spiro atoms. The van der Waals surface area contributed by atoms with Crippen LogP contribution in [0.3, 0.4) is 0 Å². The summed E-state index contributed by atoms with van der Waals surface area (Å²) < 4.78 is 0. The van der Waals surface area contributed by atoms with E-state index in [2.05, 4.69) is 21.2 Å². The second kappa shape index (κ2) is 8.55. The number of aromatic nitrogens is 1. The fraction of sp³-hybridized carbons (Fsp3) is 0.667. The molecule has 6 heteroatoms. The Balaban J connectivity index is 1.40. The van der Waals surface area contributed by atoms with Crippen LogP contribution in [0.25, 0.3) is 0 Å². The summed E-state index contributed by atoms with van der Waals surface area (Å²) in [5.74, 6) is 0.723. The average molecular weight is 331 g/mol. The molecule has 3 atom stereocenters. The Kier molecular flexibility index (Phi) is 6.18. The Hall–Kier alpha value is -1.50. The maximum absolute atomic E-state index is 12.2. The van der Waals surface area contributed by atoms with Gasteiger partial charge in [-0.25, -0.2) is 0 Å². The van der Waals surface area contributed by atoms with Crippen LogP contribution in [0.15, 0.2) is 24.5 Å². The molecular formula is C18H29N5O. The molecule has 2 heterocycles. The molecule has 1 aliphatic heterocycles. The third kappa shape index (κ3) is 4.75. The van der Waals surface area contributed by atoms with Gasteiger partial charge in [-0.2, -0.15) is 0 Å². The highest BCUT2D eigenvalue weighted by Crippen LogP contribution is 2.28. The quantitative estimate of drug-likeness (QED) is 0.727. The maximum atomic E-state index is 12.2. The first-order chi connectivity index (χ1) is 11.7. The molecule has 132 valence electrons. The molecule has 1 saturated heterocycles. The standard InChI is InChI=1S/C18H29N5O/c1-23(12-14-6-5-9-19-10-14)13-18(24)20-11-17-15-7-3-2-4-8-16(15)21-22-17/h5-6,9-10,15-17,21-22H,2-4,7-8,11-13H2,1H3,(H,20,24). The minimum absolute atomic E-state index is 0.0836.